The van der Waals surface area contributed by atoms with Gasteiger partial charge in [-0.2, -0.15) is 0 Å². The first-order chi connectivity index (χ1) is 10.9. The first kappa shape index (κ1) is 16.2. The number of nitrogens with zero attached hydrogens (tertiary/aromatic N) is 2. The molecular weight excluding hydrogens is 302 g/mol. The van der Waals surface area contributed by atoms with E-state index in [1.165, 1.54) is 0 Å². The monoisotopic (exact) mass is 317 g/mol. The van der Waals surface area contributed by atoms with Crippen LogP contribution in [0.1, 0.15) is 5.69 Å². The summed E-state index contributed by atoms with van der Waals surface area (Å²) in [4.78, 5) is 38.7. The Balaban J connectivity index is 2.22. The number of aromatic nitrogens is 1. The minimum absolute atomic E-state index is 0.204. The van der Waals surface area contributed by atoms with E-state index >= 15 is 0 Å². The number of carbonyl (C=O) groups is 3. The lowest BCUT2D eigenvalue weighted by Gasteiger charge is -2.18. The number of fused-ring (bicyclic) bond motifs is 1. The van der Waals surface area contributed by atoms with Crippen LogP contribution in [0.25, 0.3) is 10.9 Å². The van der Waals surface area contributed by atoms with Crippen molar-refractivity contribution < 1.29 is 24.6 Å². The molecule has 0 aliphatic heterocycles. The van der Waals surface area contributed by atoms with Crippen LogP contribution < -0.4 is 5.73 Å². The van der Waals surface area contributed by atoms with Crippen molar-refractivity contribution in [1.82, 2.24) is 9.88 Å². The summed E-state index contributed by atoms with van der Waals surface area (Å²) in [7, 11) is 0. The summed E-state index contributed by atoms with van der Waals surface area (Å²) < 4.78 is 0. The van der Waals surface area contributed by atoms with E-state index in [2.05, 4.69) is 4.98 Å². The molecule has 0 atom stereocenters. The number of hydrogen-bond donors (Lipinski definition) is 3. The Kier molecular flexibility index (Phi) is 4.75. The Morgan fingerprint density at radius 2 is 1.70 bits per heavy atom. The second kappa shape index (κ2) is 6.73. The van der Waals surface area contributed by atoms with Crippen molar-refractivity contribution in [2.75, 3.05) is 18.8 Å². The number of aliphatic carboxylic acids is 2. The van der Waals surface area contributed by atoms with Gasteiger partial charge in [-0.1, -0.05) is 18.2 Å². The molecule has 0 saturated heterocycles. The number of carboxylic acid groups (broad SMARTS) is 2. The second-order valence-electron chi connectivity index (χ2n) is 4.94. The zero-order valence-electron chi connectivity index (χ0n) is 12.1. The number of carboxylic acids is 2. The molecule has 2 aromatic rings. The third-order valence-electron chi connectivity index (χ3n) is 3.15. The number of nitrogens with two attached hydrogens (primary N) is 1. The molecule has 8 nitrogen and oxygen atoms in total. The molecule has 1 amide bonds. The maximum atomic E-state index is 12.1. The molecule has 0 aliphatic carbocycles. The van der Waals surface area contributed by atoms with Gasteiger partial charge in [-0.25, -0.2) is 0 Å². The highest BCUT2D eigenvalue weighted by molar-refractivity contribution is 5.90. The van der Waals surface area contributed by atoms with E-state index in [-0.39, 0.29) is 6.42 Å². The van der Waals surface area contributed by atoms with Crippen molar-refractivity contribution in [3.63, 3.8) is 0 Å². The SMILES string of the molecule is Nc1cccc2ccc(CC(=O)N(CC(=O)O)CC(=O)O)nc12. The van der Waals surface area contributed by atoms with Crippen LogP contribution in [-0.2, 0) is 20.8 Å². The quantitative estimate of drug-likeness (QED) is 0.655. The van der Waals surface area contributed by atoms with Gasteiger partial charge in [-0.15, -0.1) is 0 Å². The number of hydrogen-bond acceptors (Lipinski definition) is 5. The Labute approximate surface area is 131 Å². The molecule has 120 valence electrons. The first-order valence-electron chi connectivity index (χ1n) is 6.72. The summed E-state index contributed by atoms with van der Waals surface area (Å²) >= 11 is 0. The van der Waals surface area contributed by atoms with Gasteiger partial charge >= 0.3 is 11.9 Å². The molecule has 0 fully saturated rings. The van der Waals surface area contributed by atoms with Crippen LogP contribution in [-0.4, -0.2) is 51.0 Å². The molecule has 1 aromatic heterocycles. The van der Waals surface area contributed by atoms with E-state index in [4.69, 9.17) is 15.9 Å². The molecule has 0 radical (unpaired) electrons. The summed E-state index contributed by atoms with van der Waals surface area (Å²) in [5, 5.41) is 18.4. The van der Waals surface area contributed by atoms with Gasteiger partial charge in [0.05, 0.1) is 23.3 Å². The van der Waals surface area contributed by atoms with Crippen molar-refractivity contribution in [3.05, 3.63) is 36.0 Å². The van der Waals surface area contributed by atoms with Crippen LogP contribution in [0.4, 0.5) is 5.69 Å². The van der Waals surface area contributed by atoms with Crippen LogP contribution in [0, 0.1) is 0 Å². The third kappa shape index (κ3) is 4.16. The summed E-state index contributed by atoms with van der Waals surface area (Å²) in [5.74, 6) is -3.19. The fourth-order valence-electron chi connectivity index (χ4n) is 2.13. The number of nitrogen functional groups attached to an aromatic ring is 1. The molecular formula is C15H15N3O5. The number of para-hydroxylation sites is 1. The molecule has 2 rings (SSSR count). The Morgan fingerprint density at radius 1 is 1.04 bits per heavy atom. The second-order valence-corrected chi connectivity index (χ2v) is 4.94. The van der Waals surface area contributed by atoms with Crippen molar-refractivity contribution in [2.24, 2.45) is 0 Å². The Hall–Kier alpha value is -3.16. The minimum atomic E-state index is -1.28. The predicted octanol–water partition coefficient (Wildman–Crippen LogP) is 0.357. The largest absolute Gasteiger partial charge is 0.480 e. The average molecular weight is 317 g/mol. The lowest BCUT2D eigenvalue weighted by atomic mass is 10.1. The highest BCUT2D eigenvalue weighted by Crippen LogP contribution is 2.19. The van der Waals surface area contributed by atoms with Crippen molar-refractivity contribution in [2.45, 2.75) is 6.42 Å². The van der Waals surface area contributed by atoms with Crippen LogP contribution in [0.3, 0.4) is 0 Å². The molecule has 0 spiro atoms. The van der Waals surface area contributed by atoms with Gasteiger partial charge in [0.15, 0.2) is 0 Å². The Bertz CT molecular complexity index is 759. The molecule has 0 saturated carbocycles. The topological polar surface area (TPSA) is 134 Å². The number of benzene rings is 1. The maximum Gasteiger partial charge on any atom is 0.323 e. The molecule has 1 aromatic carbocycles. The van der Waals surface area contributed by atoms with E-state index in [1.54, 1.807) is 24.3 Å². The smallest absolute Gasteiger partial charge is 0.323 e. The molecule has 8 heteroatoms. The number of carbonyl (C=O) groups excluding carboxylic acids is 1. The summed E-state index contributed by atoms with van der Waals surface area (Å²) in [6, 6.07) is 8.67. The van der Waals surface area contributed by atoms with Gasteiger partial charge in [0, 0.05) is 5.39 Å². The summed E-state index contributed by atoms with van der Waals surface area (Å²) in [6.45, 7) is -1.36. The number of anilines is 1. The molecule has 0 aliphatic rings. The fourth-order valence-corrected chi connectivity index (χ4v) is 2.13. The predicted molar refractivity (Wildman–Crippen MR) is 81.7 cm³/mol. The van der Waals surface area contributed by atoms with Crippen molar-refractivity contribution in [3.8, 4) is 0 Å². The number of pyridine rings is 1. The van der Waals surface area contributed by atoms with Gasteiger partial charge < -0.3 is 20.8 Å². The normalized spacial score (nSPS) is 10.4. The lowest BCUT2D eigenvalue weighted by molar-refractivity contribution is -0.149. The zero-order valence-corrected chi connectivity index (χ0v) is 12.1. The van der Waals surface area contributed by atoms with Gasteiger partial charge in [-0.05, 0) is 12.1 Å². The maximum absolute atomic E-state index is 12.1. The van der Waals surface area contributed by atoms with Gasteiger partial charge in [-0.3, -0.25) is 19.4 Å². The minimum Gasteiger partial charge on any atom is -0.480 e. The van der Waals surface area contributed by atoms with E-state index in [0.29, 0.717) is 16.9 Å². The van der Waals surface area contributed by atoms with Crippen LogP contribution in [0.2, 0.25) is 0 Å². The zero-order chi connectivity index (χ0) is 17.0. The van der Waals surface area contributed by atoms with E-state index < -0.39 is 30.9 Å². The first-order valence-corrected chi connectivity index (χ1v) is 6.72. The van der Waals surface area contributed by atoms with Gasteiger partial charge in [0.25, 0.3) is 0 Å². The molecule has 1 heterocycles. The molecule has 23 heavy (non-hydrogen) atoms. The van der Waals surface area contributed by atoms with Crippen LogP contribution >= 0.6 is 0 Å². The van der Waals surface area contributed by atoms with Crippen molar-refractivity contribution >= 4 is 34.4 Å². The van der Waals surface area contributed by atoms with E-state index in [0.717, 1.165) is 10.3 Å². The van der Waals surface area contributed by atoms with E-state index in [1.807, 2.05) is 6.07 Å². The average Bonchev–Trinajstić information content (AvgIpc) is 2.46. The Morgan fingerprint density at radius 3 is 2.30 bits per heavy atom. The summed E-state index contributed by atoms with van der Waals surface area (Å²) in [5.41, 5.74) is 7.23. The highest BCUT2D eigenvalue weighted by Gasteiger charge is 2.20. The number of rotatable bonds is 6. The fraction of sp³-hybridized carbons (Fsp3) is 0.200. The standard InChI is InChI=1S/C15H15N3O5/c16-11-3-1-2-9-4-5-10(17-15(9)11)6-12(19)18(7-13(20)21)8-14(22)23/h1-5H,6-8,16H2,(H,20,21)(H,22,23). The van der Waals surface area contributed by atoms with Gasteiger partial charge in [0.2, 0.25) is 5.91 Å². The van der Waals surface area contributed by atoms with E-state index in [9.17, 15) is 14.4 Å². The number of amides is 1. The van der Waals surface area contributed by atoms with Crippen molar-refractivity contribution in [1.29, 1.82) is 0 Å². The van der Waals surface area contributed by atoms with Crippen LogP contribution in [0.15, 0.2) is 30.3 Å². The van der Waals surface area contributed by atoms with Crippen LogP contribution in [0.5, 0.6) is 0 Å². The highest BCUT2D eigenvalue weighted by atomic mass is 16.4. The summed E-state index contributed by atoms with van der Waals surface area (Å²) in [6.07, 6.45) is -0.204. The molecule has 0 bridgehead atoms. The third-order valence-corrected chi connectivity index (χ3v) is 3.15. The molecule has 4 N–H and O–H groups in total. The van der Waals surface area contributed by atoms with Gasteiger partial charge in [0.1, 0.15) is 13.1 Å². The lowest BCUT2D eigenvalue weighted by Crippen LogP contribution is -2.40. The molecule has 0 unspecified atom stereocenters.